The van der Waals surface area contributed by atoms with Gasteiger partial charge in [-0.15, -0.1) is 0 Å². The first-order valence-corrected chi connectivity index (χ1v) is 6.80. The normalized spacial score (nSPS) is 12.4. The predicted molar refractivity (Wildman–Crippen MR) is 75.7 cm³/mol. The van der Waals surface area contributed by atoms with E-state index in [2.05, 4.69) is 23.7 Å². The lowest BCUT2D eigenvalue weighted by Crippen LogP contribution is -2.28. The Balaban J connectivity index is 2.73. The highest BCUT2D eigenvalue weighted by molar-refractivity contribution is 5.44. The zero-order valence-corrected chi connectivity index (χ0v) is 11.5. The van der Waals surface area contributed by atoms with E-state index < -0.39 is 0 Å². The molecule has 1 rings (SSSR count). The van der Waals surface area contributed by atoms with Gasteiger partial charge in [-0.05, 0) is 25.0 Å². The third kappa shape index (κ3) is 4.27. The average molecular weight is 251 g/mol. The standard InChI is InChI=1S/C14H25N3O/c1-3-5-8-17(9-10-18)12-6-7-14(16-11-12)13(15)4-2/h6-7,11,13,18H,3-5,8-10,15H2,1-2H3. The summed E-state index contributed by atoms with van der Waals surface area (Å²) in [6.45, 7) is 6.00. The molecule has 4 heteroatoms. The van der Waals surface area contributed by atoms with Crippen LogP contribution in [0, 0.1) is 0 Å². The Morgan fingerprint density at radius 3 is 2.61 bits per heavy atom. The number of hydrogen-bond donors (Lipinski definition) is 2. The first-order chi connectivity index (χ1) is 8.72. The number of nitrogens with zero attached hydrogens (tertiary/aromatic N) is 2. The van der Waals surface area contributed by atoms with Gasteiger partial charge < -0.3 is 15.7 Å². The molecule has 1 aromatic rings. The van der Waals surface area contributed by atoms with Crippen molar-refractivity contribution < 1.29 is 5.11 Å². The summed E-state index contributed by atoms with van der Waals surface area (Å²) in [5.41, 5.74) is 7.93. The summed E-state index contributed by atoms with van der Waals surface area (Å²) in [5.74, 6) is 0. The van der Waals surface area contributed by atoms with Crippen LogP contribution in [-0.2, 0) is 0 Å². The number of aromatic nitrogens is 1. The van der Waals surface area contributed by atoms with Crippen LogP contribution in [0.4, 0.5) is 5.69 Å². The van der Waals surface area contributed by atoms with E-state index in [1.54, 1.807) is 0 Å². The van der Waals surface area contributed by atoms with Crippen molar-refractivity contribution in [3.8, 4) is 0 Å². The Labute approximate surface area is 110 Å². The highest BCUT2D eigenvalue weighted by Crippen LogP contribution is 2.17. The maximum Gasteiger partial charge on any atom is 0.0606 e. The Bertz CT molecular complexity index is 326. The van der Waals surface area contributed by atoms with Crippen molar-refractivity contribution in [3.05, 3.63) is 24.0 Å². The smallest absolute Gasteiger partial charge is 0.0606 e. The summed E-state index contributed by atoms with van der Waals surface area (Å²) in [4.78, 5) is 6.58. The van der Waals surface area contributed by atoms with Crippen LogP contribution in [0.2, 0.25) is 0 Å². The number of nitrogens with two attached hydrogens (primary N) is 1. The first kappa shape index (κ1) is 14.9. The molecule has 3 N–H and O–H groups in total. The Kier molecular flexibility index (Phi) is 6.68. The van der Waals surface area contributed by atoms with Crippen LogP contribution >= 0.6 is 0 Å². The van der Waals surface area contributed by atoms with Crippen molar-refractivity contribution in [1.29, 1.82) is 0 Å². The topological polar surface area (TPSA) is 62.4 Å². The van der Waals surface area contributed by atoms with Gasteiger partial charge in [0, 0.05) is 19.1 Å². The van der Waals surface area contributed by atoms with Gasteiger partial charge in [0.05, 0.1) is 24.2 Å². The second kappa shape index (κ2) is 8.06. The zero-order chi connectivity index (χ0) is 13.4. The van der Waals surface area contributed by atoms with E-state index in [0.29, 0.717) is 6.54 Å². The van der Waals surface area contributed by atoms with Gasteiger partial charge in [0.15, 0.2) is 0 Å². The summed E-state index contributed by atoms with van der Waals surface area (Å²) in [7, 11) is 0. The fourth-order valence-corrected chi connectivity index (χ4v) is 1.85. The van der Waals surface area contributed by atoms with Crippen molar-refractivity contribution in [2.45, 2.75) is 39.2 Å². The van der Waals surface area contributed by atoms with Crippen LogP contribution in [0.1, 0.15) is 44.8 Å². The minimum atomic E-state index is 0.0148. The fourth-order valence-electron chi connectivity index (χ4n) is 1.85. The van der Waals surface area contributed by atoms with Crippen molar-refractivity contribution in [3.63, 3.8) is 0 Å². The summed E-state index contributed by atoms with van der Waals surface area (Å²) in [5, 5.41) is 9.10. The van der Waals surface area contributed by atoms with Gasteiger partial charge in [0.1, 0.15) is 0 Å². The van der Waals surface area contributed by atoms with Crippen LogP contribution in [0.3, 0.4) is 0 Å². The molecule has 18 heavy (non-hydrogen) atoms. The molecule has 0 aliphatic heterocycles. The van der Waals surface area contributed by atoms with Crippen molar-refractivity contribution in [2.75, 3.05) is 24.6 Å². The van der Waals surface area contributed by atoms with Gasteiger partial charge in [-0.1, -0.05) is 20.3 Å². The maximum atomic E-state index is 9.10. The highest BCUT2D eigenvalue weighted by Gasteiger charge is 2.08. The van der Waals surface area contributed by atoms with Gasteiger partial charge >= 0.3 is 0 Å². The predicted octanol–water partition coefficient (Wildman–Crippen LogP) is 2.09. The van der Waals surface area contributed by atoms with Gasteiger partial charge in [-0.3, -0.25) is 4.98 Å². The van der Waals surface area contributed by atoms with E-state index in [1.807, 2.05) is 18.3 Å². The molecule has 0 aliphatic rings. The van der Waals surface area contributed by atoms with E-state index in [0.717, 1.165) is 37.2 Å². The van der Waals surface area contributed by atoms with E-state index in [-0.39, 0.29) is 12.6 Å². The monoisotopic (exact) mass is 251 g/mol. The number of hydrogen-bond acceptors (Lipinski definition) is 4. The quantitative estimate of drug-likeness (QED) is 0.742. The molecule has 0 saturated heterocycles. The molecule has 102 valence electrons. The second-order valence-corrected chi connectivity index (χ2v) is 4.52. The van der Waals surface area contributed by atoms with Crippen LogP contribution < -0.4 is 10.6 Å². The minimum absolute atomic E-state index is 0.0148. The molecule has 0 aliphatic carbocycles. The molecule has 0 amide bonds. The van der Waals surface area contributed by atoms with Crippen molar-refractivity contribution >= 4 is 5.69 Å². The van der Waals surface area contributed by atoms with E-state index in [1.165, 1.54) is 0 Å². The van der Waals surface area contributed by atoms with Crippen molar-refractivity contribution in [1.82, 2.24) is 4.98 Å². The number of rotatable bonds is 8. The molecule has 4 nitrogen and oxygen atoms in total. The van der Waals surface area contributed by atoms with Crippen LogP contribution in [0.15, 0.2) is 18.3 Å². The first-order valence-electron chi connectivity index (χ1n) is 6.80. The molecular weight excluding hydrogens is 226 g/mol. The maximum absolute atomic E-state index is 9.10. The lowest BCUT2D eigenvalue weighted by molar-refractivity contribution is 0.301. The fraction of sp³-hybridized carbons (Fsp3) is 0.643. The number of aliphatic hydroxyl groups is 1. The Hall–Kier alpha value is -1.13. The average Bonchev–Trinajstić information content (AvgIpc) is 2.43. The highest BCUT2D eigenvalue weighted by atomic mass is 16.3. The molecule has 1 heterocycles. The van der Waals surface area contributed by atoms with E-state index in [4.69, 9.17) is 10.8 Å². The molecular formula is C14H25N3O. The van der Waals surface area contributed by atoms with E-state index in [9.17, 15) is 0 Å². The van der Waals surface area contributed by atoms with Gasteiger partial charge in [-0.2, -0.15) is 0 Å². The molecule has 0 fully saturated rings. The molecule has 0 bridgehead atoms. The largest absolute Gasteiger partial charge is 0.395 e. The number of anilines is 1. The number of pyridine rings is 1. The number of aliphatic hydroxyl groups excluding tert-OH is 1. The molecule has 0 radical (unpaired) electrons. The van der Waals surface area contributed by atoms with E-state index >= 15 is 0 Å². The summed E-state index contributed by atoms with van der Waals surface area (Å²) in [6, 6.07) is 4.05. The van der Waals surface area contributed by atoms with Gasteiger partial charge in [0.25, 0.3) is 0 Å². The minimum Gasteiger partial charge on any atom is -0.395 e. The lowest BCUT2D eigenvalue weighted by Gasteiger charge is -2.23. The summed E-state index contributed by atoms with van der Waals surface area (Å²) in [6.07, 6.45) is 5.02. The SMILES string of the molecule is CCCCN(CCO)c1ccc(C(N)CC)nc1. The molecule has 1 atom stereocenters. The zero-order valence-electron chi connectivity index (χ0n) is 11.5. The third-order valence-corrected chi connectivity index (χ3v) is 3.11. The second-order valence-electron chi connectivity index (χ2n) is 4.52. The molecule has 0 saturated carbocycles. The summed E-state index contributed by atoms with van der Waals surface area (Å²) < 4.78 is 0. The molecule has 0 spiro atoms. The van der Waals surface area contributed by atoms with Gasteiger partial charge in [0.2, 0.25) is 0 Å². The Morgan fingerprint density at radius 2 is 2.11 bits per heavy atom. The van der Waals surface area contributed by atoms with Crippen LogP contribution in [0.25, 0.3) is 0 Å². The Morgan fingerprint density at radius 1 is 1.33 bits per heavy atom. The van der Waals surface area contributed by atoms with Crippen LogP contribution in [0.5, 0.6) is 0 Å². The van der Waals surface area contributed by atoms with Crippen LogP contribution in [-0.4, -0.2) is 29.8 Å². The summed E-state index contributed by atoms with van der Waals surface area (Å²) >= 11 is 0. The lowest BCUT2D eigenvalue weighted by atomic mass is 10.1. The third-order valence-electron chi connectivity index (χ3n) is 3.11. The van der Waals surface area contributed by atoms with Gasteiger partial charge in [-0.25, -0.2) is 0 Å². The molecule has 0 aromatic carbocycles. The molecule has 1 aromatic heterocycles. The van der Waals surface area contributed by atoms with Crippen molar-refractivity contribution in [2.24, 2.45) is 5.73 Å². The molecule has 1 unspecified atom stereocenters. The number of unbranched alkanes of at least 4 members (excludes halogenated alkanes) is 1.